The number of rotatable bonds is 2. The first-order valence-electron chi connectivity index (χ1n) is 5.85. The molecule has 0 atom stereocenters. The maximum Gasteiger partial charge on any atom is 0.137 e. The first-order chi connectivity index (χ1) is 8.22. The number of benzene rings is 1. The summed E-state index contributed by atoms with van der Waals surface area (Å²) in [6, 6.07) is 5.73. The predicted octanol–water partition coefficient (Wildman–Crippen LogP) is 3.51. The van der Waals surface area contributed by atoms with E-state index in [0.717, 1.165) is 23.6 Å². The highest BCUT2D eigenvalue weighted by molar-refractivity contribution is 7.80. The Hall–Kier alpha value is -0.800. The lowest BCUT2D eigenvalue weighted by Gasteiger charge is -2.29. The molecule has 1 aliphatic heterocycles. The molecule has 1 heterocycles. The first kappa shape index (κ1) is 12.7. The van der Waals surface area contributed by atoms with Crippen molar-refractivity contribution in [2.24, 2.45) is 0 Å². The molecule has 0 unspecified atom stereocenters. The Morgan fingerprint density at radius 1 is 1.29 bits per heavy atom. The minimum absolute atomic E-state index is 0.615. The van der Waals surface area contributed by atoms with Gasteiger partial charge in [0.15, 0.2) is 0 Å². The van der Waals surface area contributed by atoms with Crippen LogP contribution in [0.15, 0.2) is 18.2 Å². The summed E-state index contributed by atoms with van der Waals surface area (Å²) in [5, 5.41) is 0.615. The molecule has 92 valence electrons. The van der Waals surface area contributed by atoms with Crippen LogP contribution < -0.4 is 4.74 Å². The fraction of sp³-hybridized carbons (Fsp3) is 0.462. The summed E-state index contributed by atoms with van der Waals surface area (Å²) >= 11 is 11.6. The number of nitrogens with zero attached hydrogens (tertiary/aromatic N) is 1. The standard InChI is InChI=1S/C13H16ClNOS/c1-16-12-6-5-10(9-11(12)14)13(17)15-7-3-2-4-8-15/h5-6,9H,2-4,7-8H2,1H3. The zero-order valence-electron chi connectivity index (χ0n) is 9.91. The second-order valence-corrected chi connectivity index (χ2v) is 5.00. The van der Waals surface area contributed by atoms with Gasteiger partial charge in [-0.05, 0) is 37.5 Å². The molecule has 0 spiro atoms. The van der Waals surface area contributed by atoms with Gasteiger partial charge in [0.1, 0.15) is 10.7 Å². The van der Waals surface area contributed by atoms with Crippen LogP contribution in [-0.4, -0.2) is 30.1 Å². The molecule has 0 aromatic heterocycles. The highest BCUT2D eigenvalue weighted by Crippen LogP contribution is 2.26. The molecule has 0 N–H and O–H groups in total. The van der Waals surface area contributed by atoms with E-state index in [4.69, 9.17) is 28.6 Å². The topological polar surface area (TPSA) is 12.5 Å². The minimum atomic E-state index is 0.615. The van der Waals surface area contributed by atoms with Crippen LogP contribution in [0.1, 0.15) is 24.8 Å². The van der Waals surface area contributed by atoms with Crippen LogP contribution in [0.25, 0.3) is 0 Å². The zero-order valence-corrected chi connectivity index (χ0v) is 11.5. The number of methoxy groups -OCH3 is 1. The molecule has 0 radical (unpaired) electrons. The van der Waals surface area contributed by atoms with E-state index in [1.54, 1.807) is 7.11 Å². The fourth-order valence-electron chi connectivity index (χ4n) is 2.08. The number of halogens is 1. The van der Waals surface area contributed by atoms with E-state index in [0.29, 0.717) is 10.8 Å². The Morgan fingerprint density at radius 3 is 2.59 bits per heavy atom. The summed E-state index contributed by atoms with van der Waals surface area (Å²) in [7, 11) is 1.61. The fourth-order valence-corrected chi connectivity index (χ4v) is 2.65. The van der Waals surface area contributed by atoms with E-state index in [2.05, 4.69) is 4.90 Å². The van der Waals surface area contributed by atoms with Crippen molar-refractivity contribution in [1.29, 1.82) is 0 Å². The zero-order chi connectivity index (χ0) is 12.3. The Morgan fingerprint density at radius 2 is 2.00 bits per heavy atom. The lowest BCUT2D eigenvalue weighted by Crippen LogP contribution is -2.34. The van der Waals surface area contributed by atoms with Gasteiger partial charge in [-0.25, -0.2) is 0 Å². The van der Waals surface area contributed by atoms with E-state index in [9.17, 15) is 0 Å². The summed E-state index contributed by atoms with van der Waals surface area (Å²) < 4.78 is 5.14. The highest BCUT2D eigenvalue weighted by atomic mass is 35.5. The van der Waals surface area contributed by atoms with E-state index >= 15 is 0 Å². The Bertz CT molecular complexity index is 416. The summed E-state index contributed by atoms with van der Waals surface area (Å²) in [4.78, 5) is 3.16. The van der Waals surface area contributed by atoms with Crippen molar-refractivity contribution in [1.82, 2.24) is 4.90 Å². The van der Waals surface area contributed by atoms with Gasteiger partial charge in [0, 0.05) is 18.7 Å². The van der Waals surface area contributed by atoms with E-state index in [1.807, 2.05) is 18.2 Å². The molecule has 2 nitrogen and oxygen atoms in total. The molecular formula is C13H16ClNOS. The number of piperidine rings is 1. The van der Waals surface area contributed by atoms with Crippen LogP contribution in [0, 0.1) is 0 Å². The molecule has 0 saturated carbocycles. The quantitative estimate of drug-likeness (QED) is 0.763. The molecule has 0 amide bonds. The van der Waals surface area contributed by atoms with Gasteiger partial charge in [0.05, 0.1) is 12.1 Å². The SMILES string of the molecule is COc1ccc(C(=S)N2CCCCC2)cc1Cl. The van der Waals surface area contributed by atoms with Crippen LogP contribution in [0.3, 0.4) is 0 Å². The Balaban J connectivity index is 2.16. The highest BCUT2D eigenvalue weighted by Gasteiger charge is 2.15. The van der Waals surface area contributed by atoms with Crippen LogP contribution >= 0.6 is 23.8 Å². The Kier molecular flexibility index (Phi) is 4.24. The molecule has 2 rings (SSSR count). The smallest absolute Gasteiger partial charge is 0.137 e. The van der Waals surface area contributed by atoms with Crippen molar-refractivity contribution in [3.8, 4) is 5.75 Å². The molecule has 1 fully saturated rings. The molecule has 0 bridgehead atoms. The van der Waals surface area contributed by atoms with Crippen LogP contribution in [0.2, 0.25) is 5.02 Å². The average molecular weight is 270 g/mol. The largest absolute Gasteiger partial charge is 0.495 e. The molecule has 1 aliphatic rings. The van der Waals surface area contributed by atoms with Gasteiger partial charge < -0.3 is 9.64 Å². The van der Waals surface area contributed by atoms with Crippen molar-refractivity contribution < 1.29 is 4.74 Å². The van der Waals surface area contributed by atoms with E-state index < -0.39 is 0 Å². The van der Waals surface area contributed by atoms with Gasteiger partial charge in [-0.1, -0.05) is 23.8 Å². The Labute approximate surface area is 113 Å². The minimum Gasteiger partial charge on any atom is -0.495 e. The molecular weight excluding hydrogens is 254 g/mol. The van der Waals surface area contributed by atoms with Crippen LogP contribution in [0.4, 0.5) is 0 Å². The number of thiocarbonyl (C=S) groups is 1. The van der Waals surface area contributed by atoms with Gasteiger partial charge >= 0.3 is 0 Å². The predicted molar refractivity (Wildman–Crippen MR) is 75.1 cm³/mol. The van der Waals surface area contributed by atoms with Crippen molar-refractivity contribution in [3.63, 3.8) is 0 Å². The van der Waals surface area contributed by atoms with Crippen molar-refractivity contribution in [2.45, 2.75) is 19.3 Å². The third-order valence-electron chi connectivity index (χ3n) is 3.04. The second kappa shape index (κ2) is 5.69. The summed E-state index contributed by atoms with van der Waals surface area (Å²) in [6.45, 7) is 2.12. The van der Waals surface area contributed by atoms with Gasteiger partial charge in [-0.3, -0.25) is 0 Å². The maximum absolute atomic E-state index is 6.11. The monoisotopic (exact) mass is 269 g/mol. The molecule has 1 aromatic rings. The van der Waals surface area contributed by atoms with Crippen molar-refractivity contribution in [2.75, 3.05) is 20.2 Å². The van der Waals surface area contributed by atoms with Crippen molar-refractivity contribution >= 4 is 28.8 Å². The lowest BCUT2D eigenvalue weighted by atomic mass is 10.1. The maximum atomic E-state index is 6.11. The summed E-state index contributed by atoms with van der Waals surface area (Å²) in [6.07, 6.45) is 3.76. The lowest BCUT2D eigenvalue weighted by molar-refractivity contribution is 0.347. The summed E-state index contributed by atoms with van der Waals surface area (Å²) in [5.41, 5.74) is 1.01. The van der Waals surface area contributed by atoms with Gasteiger partial charge in [-0.2, -0.15) is 0 Å². The van der Waals surface area contributed by atoms with E-state index in [-0.39, 0.29) is 0 Å². The number of hydrogen-bond donors (Lipinski definition) is 0. The molecule has 1 saturated heterocycles. The summed E-state index contributed by atoms with van der Waals surface area (Å²) in [5.74, 6) is 0.692. The van der Waals surface area contributed by atoms with Crippen LogP contribution in [0.5, 0.6) is 5.75 Å². The number of ether oxygens (including phenoxy) is 1. The molecule has 1 aromatic carbocycles. The van der Waals surface area contributed by atoms with Crippen molar-refractivity contribution in [3.05, 3.63) is 28.8 Å². The van der Waals surface area contributed by atoms with Crippen LogP contribution in [-0.2, 0) is 0 Å². The number of likely N-dealkylation sites (tertiary alicyclic amines) is 1. The average Bonchev–Trinajstić information content (AvgIpc) is 2.39. The van der Waals surface area contributed by atoms with Gasteiger partial charge in [0.25, 0.3) is 0 Å². The van der Waals surface area contributed by atoms with E-state index in [1.165, 1.54) is 19.3 Å². The molecule has 17 heavy (non-hydrogen) atoms. The van der Waals surface area contributed by atoms with Gasteiger partial charge in [-0.15, -0.1) is 0 Å². The third-order valence-corrected chi connectivity index (χ3v) is 3.83. The second-order valence-electron chi connectivity index (χ2n) is 4.20. The normalized spacial score (nSPS) is 15.8. The number of hydrogen-bond acceptors (Lipinski definition) is 2. The molecule has 0 aliphatic carbocycles. The third kappa shape index (κ3) is 2.90. The molecule has 4 heteroatoms. The first-order valence-corrected chi connectivity index (χ1v) is 6.64. The van der Waals surface area contributed by atoms with Gasteiger partial charge in [0.2, 0.25) is 0 Å².